The average Bonchev–Trinajstić information content (AvgIpc) is 3.19. The van der Waals surface area contributed by atoms with Crippen molar-refractivity contribution in [3.05, 3.63) is 77.6 Å². The molecule has 2 aromatic carbocycles. The molecule has 3 heterocycles. The molecular formula is C25H26ClN5. The molecule has 0 atom stereocenters. The van der Waals surface area contributed by atoms with Crippen LogP contribution in [-0.4, -0.2) is 64.1 Å². The van der Waals surface area contributed by atoms with E-state index in [1.54, 1.807) is 6.20 Å². The van der Waals surface area contributed by atoms with Gasteiger partial charge in [0.25, 0.3) is 0 Å². The number of halogens is 1. The molecule has 0 saturated carbocycles. The van der Waals surface area contributed by atoms with Crippen LogP contribution < -0.4 is 0 Å². The SMILES string of the molecule is CN1CCN(CCc2cccc(-c3nc4ccncc4n3-c3ccc(Cl)cc3)c2)CC1. The van der Waals surface area contributed by atoms with E-state index < -0.39 is 0 Å². The highest BCUT2D eigenvalue weighted by Gasteiger charge is 2.16. The zero-order valence-corrected chi connectivity index (χ0v) is 18.5. The monoisotopic (exact) mass is 431 g/mol. The van der Waals surface area contributed by atoms with Gasteiger partial charge in [0, 0.05) is 55.2 Å². The zero-order valence-electron chi connectivity index (χ0n) is 17.7. The van der Waals surface area contributed by atoms with Gasteiger partial charge in [-0.25, -0.2) is 4.98 Å². The van der Waals surface area contributed by atoms with Gasteiger partial charge in [0.2, 0.25) is 0 Å². The molecule has 5 nitrogen and oxygen atoms in total. The van der Waals surface area contributed by atoms with Gasteiger partial charge in [-0.15, -0.1) is 0 Å². The van der Waals surface area contributed by atoms with E-state index in [0.717, 1.165) is 72.3 Å². The Hall–Kier alpha value is -2.73. The molecule has 5 rings (SSSR count). The number of rotatable bonds is 5. The zero-order chi connectivity index (χ0) is 21.2. The Morgan fingerprint density at radius 2 is 1.77 bits per heavy atom. The van der Waals surface area contributed by atoms with E-state index in [4.69, 9.17) is 16.6 Å². The first kappa shape index (κ1) is 20.2. The molecule has 0 radical (unpaired) electrons. The highest BCUT2D eigenvalue weighted by molar-refractivity contribution is 6.30. The highest BCUT2D eigenvalue weighted by Crippen LogP contribution is 2.29. The molecule has 1 aliphatic rings. The second kappa shape index (κ2) is 8.79. The predicted octanol–water partition coefficient (Wildman–Crippen LogP) is 4.53. The van der Waals surface area contributed by atoms with Crippen molar-refractivity contribution in [1.29, 1.82) is 0 Å². The van der Waals surface area contributed by atoms with E-state index in [1.165, 1.54) is 5.56 Å². The Balaban J connectivity index is 1.47. The third-order valence-electron chi connectivity index (χ3n) is 6.04. The maximum Gasteiger partial charge on any atom is 0.145 e. The molecule has 158 valence electrons. The molecule has 0 aliphatic carbocycles. The first-order valence-electron chi connectivity index (χ1n) is 10.8. The van der Waals surface area contributed by atoms with E-state index >= 15 is 0 Å². The van der Waals surface area contributed by atoms with Gasteiger partial charge in [-0.3, -0.25) is 9.55 Å². The standard InChI is InChI=1S/C25H26ClN5/c1-29-13-15-30(16-14-29)12-10-19-3-2-4-20(17-19)25-28-23-9-11-27-18-24(23)31(25)22-7-5-21(26)6-8-22/h2-9,11,17-18H,10,12-16H2,1H3. The first-order chi connectivity index (χ1) is 15.2. The number of hydrogen-bond donors (Lipinski definition) is 0. The van der Waals surface area contributed by atoms with Gasteiger partial charge in [-0.05, 0) is 55.4 Å². The van der Waals surface area contributed by atoms with Gasteiger partial charge < -0.3 is 9.80 Å². The summed E-state index contributed by atoms with van der Waals surface area (Å²) in [5, 5.41) is 0.721. The quantitative estimate of drug-likeness (QED) is 0.465. The summed E-state index contributed by atoms with van der Waals surface area (Å²) in [6, 6.07) is 18.6. The van der Waals surface area contributed by atoms with Crippen LogP contribution in [0.25, 0.3) is 28.1 Å². The fourth-order valence-electron chi connectivity index (χ4n) is 4.19. The lowest BCUT2D eigenvalue weighted by Crippen LogP contribution is -2.45. The molecule has 0 bridgehead atoms. The minimum Gasteiger partial charge on any atom is -0.304 e. The summed E-state index contributed by atoms with van der Waals surface area (Å²) in [7, 11) is 2.20. The van der Waals surface area contributed by atoms with E-state index in [9.17, 15) is 0 Å². The van der Waals surface area contributed by atoms with Gasteiger partial charge in [0.05, 0.1) is 17.2 Å². The number of piperazine rings is 1. The highest BCUT2D eigenvalue weighted by atomic mass is 35.5. The fraction of sp³-hybridized carbons (Fsp3) is 0.280. The number of nitrogens with zero attached hydrogens (tertiary/aromatic N) is 5. The maximum absolute atomic E-state index is 6.13. The van der Waals surface area contributed by atoms with Crippen LogP contribution in [0.3, 0.4) is 0 Å². The summed E-state index contributed by atoms with van der Waals surface area (Å²) < 4.78 is 2.16. The number of likely N-dealkylation sites (N-methyl/N-ethyl adjacent to an activating group) is 1. The van der Waals surface area contributed by atoms with Crippen molar-refractivity contribution in [1.82, 2.24) is 24.3 Å². The van der Waals surface area contributed by atoms with Crippen LogP contribution in [0.15, 0.2) is 67.0 Å². The second-order valence-electron chi connectivity index (χ2n) is 8.21. The lowest BCUT2D eigenvalue weighted by molar-refractivity contribution is 0.155. The van der Waals surface area contributed by atoms with E-state index in [1.807, 2.05) is 36.5 Å². The number of hydrogen-bond acceptors (Lipinski definition) is 4. The van der Waals surface area contributed by atoms with Crippen LogP contribution in [0, 0.1) is 0 Å². The van der Waals surface area contributed by atoms with Crippen LogP contribution in [0.2, 0.25) is 5.02 Å². The molecular weight excluding hydrogens is 406 g/mol. The van der Waals surface area contributed by atoms with Crippen LogP contribution in [0.1, 0.15) is 5.56 Å². The Kier molecular flexibility index (Phi) is 5.72. The molecule has 4 aromatic rings. The van der Waals surface area contributed by atoms with Crippen LogP contribution in [0.4, 0.5) is 0 Å². The van der Waals surface area contributed by atoms with Crippen LogP contribution in [0.5, 0.6) is 0 Å². The van der Waals surface area contributed by atoms with Crippen LogP contribution >= 0.6 is 11.6 Å². The summed E-state index contributed by atoms with van der Waals surface area (Å²) in [6.45, 7) is 5.69. The second-order valence-corrected chi connectivity index (χ2v) is 8.64. The first-order valence-corrected chi connectivity index (χ1v) is 11.1. The van der Waals surface area contributed by atoms with Gasteiger partial charge in [0.1, 0.15) is 5.82 Å². The number of fused-ring (bicyclic) bond motifs is 1. The van der Waals surface area contributed by atoms with E-state index in [2.05, 4.69) is 50.7 Å². The van der Waals surface area contributed by atoms with Crippen molar-refractivity contribution in [3.63, 3.8) is 0 Å². The molecule has 0 N–H and O–H groups in total. The van der Waals surface area contributed by atoms with Gasteiger partial charge in [0.15, 0.2) is 0 Å². The Labute approximate surface area is 187 Å². The van der Waals surface area contributed by atoms with Gasteiger partial charge in [-0.2, -0.15) is 0 Å². The molecule has 1 saturated heterocycles. The summed E-state index contributed by atoms with van der Waals surface area (Å²) in [4.78, 5) is 14.2. The summed E-state index contributed by atoms with van der Waals surface area (Å²) in [6.07, 6.45) is 4.70. The Bertz CT molecular complexity index is 1180. The molecule has 2 aromatic heterocycles. The smallest absolute Gasteiger partial charge is 0.145 e. The number of benzene rings is 2. The largest absolute Gasteiger partial charge is 0.304 e. The average molecular weight is 432 g/mol. The number of aromatic nitrogens is 3. The lowest BCUT2D eigenvalue weighted by atomic mass is 10.1. The summed E-state index contributed by atoms with van der Waals surface area (Å²) in [5.74, 6) is 0.923. The molecule has 0 spiro atoms. The molecule has 1 fully saturated rings. The minimum atomic E-state index is 0.721. The minimum absolute atomic E-state index is 0.721. The molecule has 31 heavy (non-hydrogen) atoms. The maximum atomic E-state index is 6.13. The van der Waals surface area contributed by atoms with E-state index in [0.29, 0.717) is 0 Å². The van der Waals surface area contributed by atoms with Crippen LogP contribution in [-0.2, 0) is 6.42 Å². The van der Waals surface area contributed by atoms with E-state index in [-0.39, 0.29) is 0 Å². The molecule has 0 amide bonds. The summed E-state index contributed by atoms with van der Waals surface area (Å²) in [5.41, 5.74) is 5.40. The van der Waals surface area contributed by atoms with Gasteiger partial charge >= 0.3 is 0 Å². The Morgan fingerprint density at radius 1 is 0.968 bits per heavy atom. The molecule has 1 aliphatic heterocycles. The van der Waals surface area contributed by atoms with Crippen molar-refractivity contribution in [2.24, 2.45) is 0 Å². The van der Waals surface area contributed by atoms with Crippen molar-refractivity contribution < 1.29 is 0 Å². The predicted molar refractivity (Wildman–Crippen MR) is 127 cm³/mol. The van der Waals surface area contributed by atoms with Crippen molar-refractivity contribution in [3.8, 4) is 17.1 Å². The normalized spacial score (nSPS) is 15.5. The van der Waals surface area contributed by atoms with Crippen molar-refractivity contribution in [2.75, 3.05) is 39.8 Å². The topological polar surface area (TPSA) is 37.2 Å². The summed E-state index contributed by atoms with van der Waals surface area (Å²) >= 11 is 6.13. The van der Waals surface area contributed by atoms with Crippen molar-refractivity contribution >= 4 is 22.6 Å². The van der Waals surface area contributed by atoms with Crippen molar-refractivity contribution in [2.45, 2.75) is 6.42 Å². The third-order valence-corrected chi connectivity index (χ3v) is 6.29. The third kappa shape index (κ3) is 4.35. The lowest BCUT2D eigenvalue weighted by Gasteiger charge is -2.32. The number of pyridine rings is 1. The Morgan fingerprint density at radius 3 is 2.58 bits per heavy atom. The van der Waals surface area contributed by atoms with Gasteiger partial charge in [-0.1, -0.05) is 29.8 Å². The fourth-order valence-corrected chi connectivity index (χ4v) is 4.32. The number of imidazole rings is 1. The molecule has 0 unspecified atom stereocenters. The molecule has 6 heteroatoms.